The van der Waals surface area contributed by atoms with Crippen LogP contribution < -0.4 is 4.31 Å². The minimum atomic E-state index is -3.66. The Bertz CT molecular complexity index is 702. The number of hydrogen-bond acceptors (Lipinski definition) is 4. The Hall–Kier alpha value is -2.07. The van der Waals surface area contributed by atoms with Crippen molar-refractivity contribution in [3.8, 4) is 6.07 Å². The highest BCUT2D eigenvalue weighted by atomic mass is 32.2. The molecule has 1 heterocycles. The summed E-state index contributed by atoms with van der Waals surface area (Å²) < 4.78 is 25.3. The number of amides is 1. The molecule has 0 saturated carbocycles. The van der Waals surface area contributed by atoms with Crippen LogP contribution in [0.1, 0.15) is 31.2 Å². The minimum absolute atomic E-state index is 0.218. The molecular formula is C16H21N3O3S. The number of benzene rings is 1. The number of nitrogens with zero attached hydrogens (tertiary/aromatic N) is 3. The maximum Gasteiger partial charge on any atom is 0.243 e. The van der Waals surface area contributed by atoms with E-state index in [-0.39, 0.29) is 23.7 Å². The zero-order chi connectivity index (χ0) is 16.9. The molecule has 124 valence electrons. The highest BCUT2D eigenvalue weighted by Crippen LogP contribution is 2.22. The average Bonchev–Trinajstić information content (AvgIpc) is 2.80. The van der Waals surface area contributed by atoms with Crippen molar-refractivity contribution < 1.29 is 13.2 Å². The van der Waals surface area contributed by atoms with Crippen molar-refractivity contribution in [2.45, 2.75) is 25.7 Å². The van der Waals surface area contributed by atoms with Crippen molar-refractivity contribution in [2.24, 2.45) is 0 Å². The van der Waals surface area contributed by atoms with Gasteiger partial charge in [-0.05, 0) is 25.0 Å². The molecule has 0 aromatic heterocycles. The molecule has 1 aliphatic heterocycles. The summed E-state index contributed by atoms with van der Waals surface area (Å²) >= 11 is 0. The Morgan fingerprint density at radius 3 is 2.39 bits per heavy atom. The molecule has 0 aliphatic carbocycles. The molecule has 23 heavy (non-hydrogen) atoms. The maximum atomic E-state index is 12.5. The molecular weight excluding hydrogens is 314 g/mol. The van der Waals surface area contributed by atoms with Crippen LogP contribution in [0.3, 0.4) is 0 Å². The largest absolute Gasteiger partial charge is 0.341 e. The lowest BCUT2D eigenvalue weighted by molar-refractivity contribution is -0.129. The van der Waals surface area contributed by atoms with Crippen LogP contribution in [0.4, 0.5) is 5.69 Å². The van der Waals surface area contributed by atoms with Gasteiger partial charge in [0.25, 0.3) is 0 Å². The molecule has 0 unspecified atom stereocenters. The average molecular weight is 335 g/mol. The Balaban J connectivity index is 2.26. The van der Waals surface area contributed by atoms with E-state index in [1.165, 1.54) is 0 Å². The SMILES string of the molecule is CS(=O)(=O)N(CC(=O)N1CCCCCC1)c1ccccc1C#N. The van der Waals surface area contributed by atoms with Crippen molar-refractivity contribution in [1.82, 2.24) is 4.90 Å². The highest BCUT2D eigenvalue weighted by molar-refractivity contribution is 7.92. The van der Waals surface area contributed by atoms with Gasteiger partial charge in [-0.15, -0.1) is 0 Å². The van der Waals surface area contributed by atoms with Gasteiger partial charge in [0.05, 0.1) is 17.5 Å². The number of carbonyl (C=O) groups is 1. The van der Waals surface area contributed by atoms with Crippen LogP contribution in [0.5, 0.6) is 0 Å². The maximum absolute atomic E-state index is 12.5. The van der Waals surface area contributed by atoms with Crippen LogP contribution in [0.15, 0.2) is 24.3 Å². The molecule has 1 saturated heterocycles. The molecule has 7 heteroatoms. The Morgan fingerprint density at radius 1 is 1.22 bits per heavy atom. The van der Waals surface area contributed by atoms with Gasteiger partial charge in [-0.1, -0.05) is 25.0 Å². The van der Waals surface area contributed by atoms with Gasteiger partial charge in [-0.2, -0.15) is 5.26 Å². The standard InChI is InChI=1S/C16H21N3O3S/c1-23(21,22)19(15-9-5-4-8-14(15)12-17)13-16(20)18-10-6-2-3-7-11-18/h4-5,8-9H,2-3,6-7,10-11,13H2,1H3. The van der Waals surface area contributed by atoms with Crippen molar-refractivity contribution >= 4 is 21.6 Å². The van der Waals surface area contributed by atoms with Crippen LogP contribution in [-0.2, 0) is 14.8 Å². The lowest BCUT2D eigenvalue weighted by Gasteiger charge is -2.27. The Morgan fingerprint density at radius 2 is 1.83 bits per heavy atom. The van der Waals surface area contributed by atoms with Crippen LogP contribution >= 0.6 is 0 Å². The second kappa shape index (κ2) is 7.47. The second-order valence-corrected chi connectivity index (χ2v) is 7.60. The molecule has 1 aromatic rings. The van der Waals surface area contributed by atoms with E-state index in [9.17, 15) is 18.5 Å². The first-order valence-corrected chi connectivity index (χ1v) is 9.53. The number of nitriles is 1. The molecule has 0 atom stereocenters. The van der Waals surface area contributed by atoms with Gasteiger partial charge in [0.15, 0.2) is 0 Å². The number of sulfonamides is 1. The summed E-state index contributed by atoms with van der Waals surface area (Å²) in [5.41, 5.74) is 0.488. The predicted molar refractivity (Wildman–Crippen MR) is 88.4 cm³/mol. The van der Waals surface area contributed by atoms with Crippen LogP contribution in [0.2, 0.25) is 0 Å². The van der Waals surface area contributed by atoms with E-state index < -0.39 is 10.0 Å². The van der Waals surface area contributed by atoms with E-state index in [0.29, 0.717) is 13.1 Å². The first-order valence-electron chi connectivity index (χ1n) is 7.68. The fourth-order valence-electron chi connectivity index (χ4n) is 2.71. The van der Waals surface area contributed by atoms with Gasteiger partial charge in [-0.3, -0.25) is 9.10 Å². The molecule has 6 nitrogen and oxygen atoms in total. The molecule has 1 amide bonds. The lowest BCUT2D eigenvalue weighted by atomic mass is 10.2. The lowest BCUT2D eigenvalue weighted by Crippen LogP contribution is -2.43. The van der Waals surface area contributed by atoms with E-state index in [1.807, 2.05) is 6.07 Å². The fraction of sp³-hybridized carbons (Fsp3) is 0.500. The van der Waals surface area contributed by atoms with E-state index >= 15 is 0 Å². The number of likely N-dealkylation sites (tertiary alicyclic amines) is 1. The second-order valence-electron chi connectivity index (χ2n) is 5.69. The first kappa shape index (κ1) is 17.3. The zero-order valence-electron chi connectivity index (χ0n) is 13.2. The van der Waals surface area contributed by atoms with Gasteiger partial charge in [0.2, 0.25) is 15.9 Å². The molecule has 2 rings (SSSR count). The van der Waals surface area contributed by atoms with E-state index in [1.54, 1.807) is 29.2 Å². The summed E-state index contributed by atoms with van der Waals surface area (Å²) in [6, 6.07) is 8.40. The third-order valence-corrected chi connectivity index (χ3v) is 5.06. The number of anilines is 1. The number of para-hydroxylation sites is 1. The molecule has 1 aliphatic rings. The van der Waals surface area contributed by atoms with E-state index in [0.717, 1.165) is 36.2 Å². The van der Waals surface area contributed by atoms with Crippen molar-refractivity contribution in [1.29, 1.82) is 5.26 Å². The fourth-order valence-corrected chi connectivity index (χ4v) is 3.57. The summed E-state index contributed by atoms with van der Waals surface area (Å²) in [7, 11) is -3.66. The predicted octanol–water partition coefficient (Wildman–Crippen LogP) is 1.73. The number of carbonyl (C=O) groups excluding carboxylic acids is 1. The van der Waals surface area contributed by atoms with Crippen LogP contribution in [0, 0.1) is 11.3 Å². The van der Waals surface area contributed by atoms with Crippen LogP contribution in [-0.4, -0.2) is 45.1 Å². The third kappa shape index (κ3) is 4.45. The smallest absolute Gasteiger partial charge is 0.243 e. The van der Waals surface area contributed by atoms with E-state index in [4.69, 9.17) is 0 Å². The quantitative estimate of drug-likeness (QED) is 0.839. The van der Waals surface area contributed by atoms with Crippen molar-refractivity contribution in [2.75, 3.05) is 30.2 Å². The molecule has 0 bridgehead atoms. The zero-order valence-corrected chi connectivity index (χ0v) is 14.1. The summed E-state index contributed by atoms with van der Waals surface area (Å²) in [4.78, 5) is 14.2. The van der Waals surface area contributed by atoms with Crippen LogP contribution in [0.25, 0.3) is 0 Å². The van der Waals surface area contributed by atoms with Gasteiger partial charge in [0.1, 0.15) is 12.6 Å². The molecule has 0 radical (unpaired) electrons. The summed E-state index contributed by atoms with van der Waals surface area (Å²) in [5, 5.41) is 9.19. The van der Waals surface area contributed by atoms with Gasteiger partial charge >= 0.3 is 0 Å². The first-order chi connectivity index (χ1) is 10.9. The number of rotatable bonds is 4. The molecule has 1 fully saturated rings. The topological polar surface area (TPSA) is 81.5 Å². The highest BCUT2D eigenvalue weighted by Gasteiger charge is 2.26. The van der Waals surface area contributed by atoms with Crippen molar-refractivity contribution in [3.05, 3.63) is 29.8 Å². The van der Waals surface area contributed by atoms with Gasteiger partial charge < -0.3 is 4.90 Å². The normalized spacial score (nSPS) is 15.6. The molecule has 0 spiro atoms. The molecule has 0 N–H and O–H groups in total. The monoisotopic (exact) mass is 335 g/mol. The third-order valence-electron chi connectivity index (χ3n) is 3.93. The van der Waals surface area contributed by atoms with Crippen molar-refractivity contribution in [3.63, 3.8) is 0 Å². The minimum Gasteiger partial charge on any atom is -0.341 e. The van der Waals surface area contributed by atoms with Gasteiger partial charge in [-0.25, -0.2) is 8.42 Å². The summed E-state index contributed by atoms with van der Waals surface area (Å²) in [6.45, 7) is 1.06. The summed E-state index contributed by atoms with van der Waals surface area (Å²) in [6.07, 6.45) is 5.13. The molecule has 1 aromatic carbocycles. The Labute approximate surface area is 137 Å². The summed E-state index contributed by atoms with van der Waals surface area (Å²) in [5.74, 6) is -0.218. The number of hydrogen-bond donors (Lipinski definition) is 0. The van der Waals surface area contributed by atoms with Gasteiger partial charge in [0, 0.05) is 13.1 Å². The Kier molecular flexibility index (Phi) is 5.61. The van der Waals surface area contributed by atoms with E-state index in [2.05, 4.69) is 0 Å².